The van der Waals surface area contributed by atoms with E-state index in [-0.39, 0.29) is 36.6 Å². The molecule has 11 heteroatoms. The molecule has 0 atom stereocenters. The summed E-state index contributed by atoms with van der Waals surface area (Å²) in [6.07, 6.45) is 3.90. The van der Waals surface area contributed by atoms with Crippen molar-refractivity contribution in [1.29, 1.82) is 0 Å². The minimum absolute atomic E-state index is 0.0633. The van der Waals surface area contributed by atoms with E-state index in [4.69, 9.17) is 4.74 Å². The fraction of sp³-hybridized carbons (Fsp3) is 0.400. The second-order valence-electron chi connectivity index (χ2n) is 8.52. The highest BCUT2D eigenvalue weighted by atomic mass is 32.2. The number of amides is 2. The number of nitrogens with one attached hydrogen (secondary N) is 2. The molecule has 190 valence electrons. The number of carbonyl (C=O) groups excluding carboxylic acids is 3. The van der Waals surface area contributed by atoms with Gasteiger partial charge in [0.05, 0.1) is 24.3 Å². The van der Waals surface area contributed by atoms with E-state index in [0.29, 0.717) is 21.5 Å². The zero-order valence-electron chi connectivity index (χ0n) is 20.6. The number of fused-ring (bicyclic) bond motifs is 1. The van der Waals surface area contributed by atoms with Gasteiger partial charge in [-0.05, 0) is 57.2 Å². The Bertz CT molecular complexity index is 1270. The molecule has 1 aliphatic carbocycles. The van der Waals surface area contributed by atoms with Crippen LogP contribution >= 0.6 is 23.1 Å². The van der Waals surface area contributed by atoms with Crippen molar-refractivity contribution in [1.82, 2.24) is 14.8 Å². The van der Waals surface area contributed by atoms with Gasteiger partial charge in [-0.1, -0.05) is 29.5 Å². The van der Waals surface area contributed by atoms with Crippen LogP contribution in [0.15, 0.2) is 29.4 Å². The fourth-order valence-electron chi connectivity index (χ4n) is 3.98. The topological polar surface area (TPSA) is 115 Å². The van der Waals surface area contributed by atoms with Gasteiger partial charge in [0.2, 0.25) is 11.8 Å². The van der Waals surface area contributed by atoms with Crippen LogP contribution in [0.2, 0.25) is 0 Å². The van der Waals surface area contributed by atoms with Crippen molar-refractivity contribution in [3.8, 4) is 0 Å². The van der Waals surface area contributed by atoms with E-state index in [1.807, 2.05) is 31.2 Å². The van der Waals surface area contributed by atoms with E-state index in [0.717, 1.165) is 47.4 Å². The summed E-state index contributed by atoms with van der Waals surface area (Å²) in [5.41, 5.74) is 3.34. The molecule has 0 aliphatic heterocycles. The Hall–Kier alpha value is -3.18. The van der Waals surface area contributed by atoms with E-state index in [9.17, 15) is 14.4 Å². The number of ether oxygens (including phenoxy) is 1. The number of hydrogen-bond donors (Lipinski definition) is 2. The molecule has 2 aromatic heterocycles. The third kappa shape index (κ3) is 6.14. The second-order valence-corrected chi connectivity index (χ2v) is 10.6. The number of thiophene rings is 1. The zero-order chi connectivity index (χ0) is 25.7. The maximum atomic E-state index is 12.8. The molecular formula is C25H29N5O4S2. The summed E-state index contributed by atoms with van der Waals surface area (Å²) in [6, 6.07) is 7.56. The molecule has 1 aliphatic rings. The molecule has 0 bridgehead atoms. The van der Waals surface area contributed by atoms with Crippen molar-refractivity contribution < 1.29 is 19.1 Å². The van der Waals surface area contributed by atoms with E-state index >= 15 is 0 Å². The van der Waals surface area contributed by atoms with Crippen molar-refractivity contribution in [2.45, 2.75) is 51.1 Å². The molecule has 4 rings (SSSR count). The van der Waals surface area contributed by atoms with Crippen molar-refractivity contribution in [3.63, 3.8) is 0 Å². The Balaban J connectivity index is 1.36. The molecular weight excluding hydrogens is 498 g/mol. The van der Waals surface area contributed by atoms with Crippen LogP contribution in [0.1, 0.15) is 52.0 Å². The molecule has 0 fully saturated rings. The van der Waals surface area contributed by atoms with E-state index < -0.39 is 0 Å². The van der Waals surface area contributed by atoms with Gasteiger partial charge in [0, 0.05) is 17.6 Å². The summed E-state index contributed by atoms with van der Waals surface area (Å²) in [5.74, 6) is -0.241. The van der Waals surface area contributed by atoms with Gasteiger partial charge in [0.1, 0.15) is 10.8 Å². The predicted molar refractivity (Wildman–Crippen MR) is 141 cm³/mol. The van der Waals surface area contributed by atoms with E-state index in [1.54, 1.807) is 18.5 Å². The van der Waals surface area contributed by atoms with Crippen LogP contribution in [0.25, 0.3) is 0 Å². The van der Waals surface area contributed by atoms with Crippen molar-refractivity contribution in [2.24, 2.45) is 7.05 Å². The summed E-state index contributed by atoms with van der Waals surface area (Å²) >= 11 is 2.68. The monoisotopic (exact) mass is 527 g/mol. The van der Waals surface area contributed by atoms with Gasteiger partial charge >= 0.3 is 5.97 Å². The number of esters is 1. The standard InChI is InChI=1S/C25H29N5O4S2/c1-4-34-24(33)22-17-7-5-6-8-18(17)36-23(22)27-21(32)14-35-25-29-28-19(30(25)3)13-20(31)26-16-11-9-15(2)10-12-16/h9-12H,4-8,13-14H2,1-3H3,(H,26,31)(H,27,32). The highest BCUT2D eigenvalue weighted by Crippen LogP contribution is 2.38. The minimum Gasteiger partial charge on any atom is -0.462 e. The summed E-state index contributed by atoms with van der Waals surface area (Å²) < 4.78 is 6.96. The number of rotatable bonds is 9. The number of aryl methyl sites for hydroxylation is 2. The molecule has 3 aromatic rings. The first-order valence-corrected chi connectivity index (χ1v) is 13.6. The predicted octanol–water partition coefficient (Wildman–Crippen LogP) is 4.15. The number of aromatic nitrogens is 3. The van der Waals surface area contributed by atoms with Crippen molar-refractivity contribution in [2.75, 3.05) is 23.0 Å². The lowest BCUT2D eigenvalue weighted by atomic mass is 9.95. The number of benzene rings is 1. The first kappa shape index (κ1) is 25.9. The minimum atomic E-state index is -0.387. The molecule has 2 amide bonds. The van der Waals surface area contributed by atoms with Crippen LogP contribution in [0, 0.1) is 6.92 Å². The maximum Gasteiger partial charge on any atom is 0.341 e. The smallest absolute Gasteiger partial charge is 0.341 e. The quantitative estimate of drug-likeness (QED) is 0.317. The Morgan fingerprint density at radius 3 is 2.58 bits per heavy atom. The van der Waals surface area contributed by atoms with Crippen molar-refractivity contribution >= 4 is 51.6 Å². The molecule has 0 radical (unpaired) electrons. The lowest BCUT2D eigenvalue weighted by Crippen LogP contribution is -2.18. The Kier molecular flexibility index (Phi) is 8.42. The molecule has 0 saturated heterocycles. The lowest BCUT2D eigenvalue weighted by Gasteiger charge is -2.12. The summed E-state index contributed by atoms with van der Waals surface area (Å²) in [5, 5.41) is 15.1. The van der Waals surface area contributed by atoms with E-state index in [2.05, 4.69) is 20.8 Å². The van der Waals surface area contributed by atoms with Gasteiger partial charge in [-0.2, -0.15) is 0 Å². The number of hydrogen-bond acceptors (Lipinski definition) is 8. The fourth-order valence-corrected chi connectivity index (χ4v) is 6.00. The van der Waals surface area contributed by atoms with Gasteiger partial charge < -0.3 is 19.9 Å². The Labute approximate surface area is 218 Å². The highest BCUT2D eigenvalue weighted by molar-refractivity contribution is 7.99. The Morgan fingerprint density at radius 1 is 1.08 bits per heavy atom. The Morgan fingerprint density at radius 2 is 1.83 bits per heavy atom. The summed E-state index contributed by atoms with van der Waals surface area (Å²) in [4.78, 5) is 38.9. The molecule has 2 N–H and O–H groups in total. The molecule has 36 heavy (non-hydrogen) atoms. The van der Waals surface area contributed by atoms with Gasteiger partial charge in [0.25, 0.3) is 0 Å². The van der Waals surface area contributed by atoms with E-state index in [1.165, 1.54) is 23.1 Å². The van der Waals surface area contributed by atoms with Crippen LogP contribution < -0.4 is 10.6 Å². The zero-order valence-corrected chi connectivity index (χ0v) is 22.2. The van der Waals surface area contributed by atoms with Crippen LogP contribution in [-0.2, 0) is 40.6 Å². The van der Waals surface area contributed by atoms with Crippen LogP contribution in [0.4, 0.5) is 10.7 Å². The van der Waals surface area contributed by atoms with Crippen molar-refractivity contribution in [3.05, 3.63) is 51.7 Å². The third-order valence-electron chi connectivity index (χ3n) is 5.82. The van der Waals surface area contributed by atoms with Gasteiger partial charge in [0.15, 0.2) is 5.16 Å². The van der Waals surface area contributed by atoms with Crippen LogP contribution in [0.5, 0.6) is 0 Å². The maximum absolute atomic E-state index is 12.8. The molecule has 1 aromatic carbocycles. The largest absolute Gasteiger partial charge is 0.462 e. The van der Waals surface area contributed by atoms with Crippen LogP contribution in [0.3, 0.4) is 0 Å². The van der Waals surface area contributed by atoms with Gasteiger partial charge in [-0.25, -0.2) is 4.79 Å². The number of thioether (sulfide) groups is 1. The summed E-state index contributed by atoms with van der Waals surface area (Å²) in [7, 11) is 1.76. The van der Waals surface area contributed by atoms with Gasteiger partial charge in [-0.15, -0.1) is 21.5 Å². The van der Waals surface area contributed by atoms with Crippen LogP contribution in [-0.4, -0.2) is 44.9 Å². The molecule has 0 spiro atoms. The number of carbonyl (C=O) groups is 3. The molecule has 0 unspecified atom stereocenters. The molecule has 0 saturated carbocycles. The molecule has 2 heterocycles. The number of anilines is 2. The summed E-state index contributed by atoms with van der Waals surface area (Å²) in [6.45, 7) is 4.04. The average Bonchev–Trinajstić information content (AvgIpc) is 3.39. The third-order valence-corrected chi connectivity index (χ3v) is 8.04. The highest BCUT2D eigenvalue weighted by Gasteiger charge is 2.27. The number of nitrogens with zero attached hydrogens (tertiary/aromatic N) is 3. The SMILES string of the molecule is CCOC(=O)c1c(NC(=O)CSc2nnc(CC(=O)Nc3ccc(C)cc3)n2C)sc2c1CCCC2. The molecule has 9 nitrogen and oxygen atoms in total. The normalized spacial score (nSPS) is 12.6. The first-order chi connectivity index (χ1) is 17.4. The lowest BCUT2D eigenvalue weighted by molar-refractivity contribution is -0.116. The average molecular weight is 528 g/mol. The second kappa shape index (κ2) is 11.7. The first-order valence-electron chi connectivity index (χ1n) is 11.8. The van der Waals surface area contributed by atoms with Gasteiger partial charge in [-0.3, -0.25) is 9.59 Å².